The van der Waals surface area contributed by atoms with Gasteiger partial charge >= 0.3 is 0 Å². The second kappa shape index (κ2) is 9.44. The van der Waals surface area contributed by atoms with Gasteiger partial charge in [0.05, 0.1) is 4.90 Å². The first-order valence-corrected chi connectivity index (χ1v) is 11.5. The third kappa shape index (κ3) is 6.25. The molecule has 162 valence electrons. The van der Waals surface area contributed by atoms with Crippen LogP contribution in [0, 0.1) is 20.8 Å². The summed E-state index contributed by atoms with van der Waals surface area (Å²) in [5.41, 5.74) is 2.10. The maximum atomic E-state index is 12.6. The molecule has 0 spiro atoms. The van der Waals surface area contributed by atoms with Gasteiger partial charge in [-0.15, -0.1) is 0 Å². The first-order valence-electron chi connectivity index (χ1n) is 9.26. The number of halogens is 1. The van der Waals surface area contributed by atoms with E-state index in [1.165, 1.54) is 24.3 Å². The fourth-order valence-electron chi connectivity index (χ4n) is 2.74. The van der Waals surface area contributed by atoms with Crippen molar-refractivity contribution in [3.63, 3.8) is 0 Å². The van der Waals surface area contributed by atoms with Gasteiger partial charge in [-0.05, 0) is 68.8 Å². The van der Waals surface area contributed by atoms with E-state index in [-0.39, 0.29) is 23.2 Å². The number of nitrogens with zero attached hydrogens (tertiary/aromatic N) is 2. The molecule has 0 unspecified atom stereocenters. The van der Waals surface area contributed by atoms with Gasteiger partial charge in [-0.25, -0.2) is 18.4 Å². The summed E-state index contributed by atoms with van der Waals surface area (Å²) in [6, 6.07) is 12.8. The number of benzene rings is 2. The molecule has 3 aromatic rings. The molecular weight excluding hydrogens is 484 g/mol. The lowest BCUT2D eigenvalue weighted by Gasteiger charge is -2.10. The smallest absolute Gasteiger partial charge is 0.263 e. The van der Waals surface area contributed by atoms with Crippen LogP contribution in [-0.2, 0) is 14.8 Å². The van der Waals surface area contributed by atoms with Crippen molar-refractivity contribution in [2.45, 2.75) is 25.7 Å². The fraction of sp³-hybridized carbons (Fsp3) is 0.190. The third-order valence-electron chi connectivity index (χ3n) is 4.15. The first-order chi connectivity index (χ1) is 14.6. The standard InChI is InChI=1S/C21H21BrN4O4S/c1-13-10-17(6-9-19(13)22)30-12-21(27)25-16-4-7-18(8-5-16)31(28,29)26-20-11-14(2)23-15(3)24-20/h4-11H,12H2,1-3H3,(H,25,27)(H,23,24,26). The van der Waals surface area contributed by atoms with E-state index in [4.69, 9.17) is 4.74 Å². The molecular formula is C21H21BrN4O4S. The predicted molar refractivity (Wildman–Crippen MR) is 122 cm³/mol. The Morgan fingerprint density at radius 3 is 2.39 bits per heavy atom. The van der Waals surface area contributed by atoms with Crippen molar-refractivity contribution in [2.24, 2.45) is 0 Å². The molecule has 0 saturated heterocycles. The van der Waals surface area contributed by atoms with Gasteiger partial charge in [0.25, 0.3) is 15.9 Å². The van der Waals surface area contributed by atoms with Crippen LogP contribution in [0.4, 0.5) is 11.5 Å². The van der Waals surface area contributed by atoms with Crippen molar-refractivity contribution < 1.29 is 17.9 Å². The number of rotatable bonds is 7. The SMILES string of the molecule is Cc1cc(NS(=O)(=O)c2ccc(NC(=O)COc3ccc(Br)c(C)c3)cc2)nc(C)n1. The highest BCUT2D eigenvalue weighted by atomic mass is 79.9. The van der Waals surface area contributed by atoms with Crippen molar-refractivity contribution in [2.75, 3.05) is 16.6 Å². The van der Waals surface area contributed by atoms with E-state index in [0.29, 0.717) is 23.0 Å². The fourth-order valence-corrected chi connectivity index (χ4v) is 3.97. The van der Waals surface area contributed by atoms with Crippen LogP contribution in [-0.4, -0.2) is 30.9 Å². The largest absolute Gasteiger partial charge is 0.484 e. The van der Waals surface area contributed by atoms with Crippen LogP contribution >= 0.6 is 15.9 Å². The Labute approximate surface area is 189 Å². The molecule has 3 rings (SSSR count). The number of amides is 1. The maximum Gasteiger partial charge on any atom is 0.263 e. The van der Waals surface area contributed by atoms with Gasteiger partial charge in [0.2, 0.25) is 0 Å². The van der Waals surface area contributed by atoms with Gasteiger partial charge < -0.3 is 10.1 Å². The Bertz CT molecular complexity index is 1190. The first kappa shape index (κ1) is 22.7. The lowest BCUT2D eigenvalue weighted by molar-refractivity contribution is -0.118. The Morgan fingerprint density at radius 2 is 1.74 bits per heavy atom. The molecule has 1 amide bonds. The average molecular weight is 505 g/mol. The van der Waals surface area contributed by atoms with Crippen LogP contribution < -0.4 is 14.8 Å². The summed E-state index contributed by atoms with van der Waals surface area (Å²) in [6.45, 7) is 5.19. The molecule has 0 saturated carbocycles. The second-order valence-electron chi connectivity index (χ2n) is 6.82. The zero-order valence-corrected chi connectivity index (χ0v) is 19.5. The minimum absolute atomic E-state index is 0.0426. The molecule has 0 radical (unpaired) electrons. The Balaban J connectivity index is 1.61. The van der Waals surface area contributed by atoms with Crippen LogP contribution in [0.2, 0.25) is 0 Å². The number of sulfonamides is 1. The van der Waals surface area contributed by atoms with E-state index in [0.717, 1.165) is 10.0 Å². The highest BCUT2D eigenvalue weighted by Crippen LogP contribution is 2.22. The van der Waals surface area contributed by atoms with Gasteiger partial charge in [-0.3, -0.25) is 9.52 Å². The lowest BCUT2D eigenvalue weighted by Crippen LogP contribution is -2.20. The molecule has 8 nitrogen and oxygen atoms in total. The van der Waals surface area contributed by atoms with E-state index in [1.807, 2.05) is 19.1 Å². The molecule has 0 atom stereocenters. The lowest BCUT2D eigenvalue weighted by atomic mass is 10.2. The number of anilines is 2. The summed E-state index contributed by atoms with van der Waals surface area (Å²) < 4.78 is 34.1. The number of ether oxygens (including phenoxy) is 1. The molecule has 1 heterocycles. The summed E-state index contributed by atoms with van der Waals surface area (Å²) in [6.07, 6.45) is 0. The van der Waals surface area contributed by atoms with E-state index in [9.17, 15) is 13.2 Å². The average Bonchev–Trinajstić information content (AvgIpc) is 2.68. The zero-order valence-electron chi connectivity index (χ0n) is 17.1. The molecule has 10 heteroatoms. The Kier molecular flexibility index (Phi) is 6.91. The highest BCUT2D eigenvalue weighted by molar-refractivity contribution is 9.10. The van der Waals surface area contributed by atoms with Gasteiger partial charge in [-0.2, -0.15) is 0 Å². The zero-order chi connectivity index (χ0) is 22.6. The predicted octanol–water partition coefficient (Wildman–Crippen LogP) is 3.98. The number of carbonyl (C=O) groups excluding carboxylic acids is 1. The summed E-state index contributed by atoms with van der Waals surface area (Å²) in [4.78, 5) is 20.4. The van der Waals surface area contributed by atoms with E-state index < -0.39 is 10.0 Å². The quantitative estimate of drug-likeness (QED) is 0.503. The minimum atomic E-state index is -3.83. The van der Waals surface area contributed by atoms with Crippen molar-refractivity contribution in [1.29, 1.82) is 0 Å². The molecule has 0 bridgehead atoms. The van der Waals surface area contributed by atoms with Crippen molar-refractivity contribution >= 4 is 43.4 Å². The summed E-state index contributed by atoms with van der Waals surface area (Å²) in [5.74, 6) is 0.888. The molecule has 2 N–H and O–H groups in total. The second-order valence-corrected chi connectivity index (χ2v) is 9.36. The maximum absolute atomic E-state index is 12.6. The van der Waals surface area contributed by atoms with Crippen molar-refractivity contribution in [3.05, 3.63) is 70.1 Å². The van der Waals surface area contributed by atoms with Gasteiger partial charge in [0, 0.05) is 21.9 Å². The van der Waals surface area contributed by atoms with E-state index in [2.05, 4.69) is 35.9 Å². The Morgan fingerprint density at radius 1 is 1.03 bits per heavy atom. The van der Waals surface area contributed by atoms with Gasteiger partial charge in [-0.1, -0.05) is 15.9 Å². The number of hydrogen-bond acceptors (Lipinski definition) is 6. The molecule has 0 aliphatic carbocycles. The number of aromatic nitrogens is 2. The van der Waals surface area contributed by atoms with Crippen molar-refractivity contribution in [1.82, 2.24) is 9.97 Å². The summed E-state index contributed by atoms with van der Waals surface area (Å²) in [7, 11) is -3.83. The van der Waals surface area contributed by atoms with Gasteiger partial charge in [0.15, 0.2) is 6.61 Å². The van der Waals surface area contributed by atoms with Crippen LogP contribution in [0.5, 0.6) is 5.75 Å². The Hall–Kier alpha value is -2.98. The monoisotopic (exact) mass is 504 g/mol. The normalized spacial score (nSPS) is 11.1. The number of nitrogens with one attached hydrogen (secondary N) is 2. The minimum Gasteiger partial charge on any atom is -0.484 e. The van der Waals surface area contributed by atoms with Crippen LogP contribution in [0.15, 0.2) is 57.9 Å². The van der Waals surface area contributed by atoms with E-state index in [1.54, 1.807) is 26.0 Å². The van der Waals surface area contributed by atoms with E-state index >= 15 is 0 Å². The molecule has 31 heavy (non-hydrogen) atoms. The van der Waals surface area contributed by atoms with Crippen LogP contribution in [0.25, 0.3) is 0 Å². The molecule has 0 aliphatic heterocycles. The number of hydrogen-bond donors (Lipinski definition) is 2. The molecule has 0 fully saturated rings. The van der Waals surface area contributed by atoms with Crippen molar-refractivity contribution in [3.8, 4) is 5.75 Å². The summed E-state index contributed by atoms with van der Waals surface area (Å²) >= 11 is 3.41. The number of carbonyl (C=O) groups is 1. The highest BCUT2D eigenvalue weighted by Gasteiger charge is 2.16. The topological polar surface area (TPSA) is 110 Å². The van der Waals surface area contributed by atoms with Crippen LogP contribution in [0.3, 0.4) is 0 Å². The third-order valence-corrected chi connectivity index (χ3v) is 6.41. The summed E-state index contributed by atoms with van der Waals surface area (Å²) in [5, 5.41) is 2.67. The van der Waals surface area contributed by atoms with Gasteiger partial charge in [0.1, 0.15) is 17.4 Å². The molecule has 1 aromatic heterocycles. The van der Waals surface area contributed by atoms with Crippen LogP contribution in [0.1, 0.15) is 17.1 Å². The molecule has 0 aliphatic rings. The number of aryl methyl sites for hydroxylation is 3. The molecule has 2 aromatic carbocycles.